The van der Waals surface area contributed by atoms with Gasteiger partial charge in [-0.2, -0.15) is 0 Å². The van der Waals surface area contributed by atoms with Gasteiger partial charge < -0.3 is 0 Å². The van der Waals surface area contributed by atoms with E-state index >= 15 is 0 Å². The highest BCUT2D eigenvalue weighted by atomic mass is 14.4. The third-order valence-corrected chi connectivity index (χ3v) is 4.14. The maximum Gasteiger partial charge on any atom is -0.0383 e. The van der Waals surface area contributed by atoms with Crippen LogP contribution >= 0.6 is 0 Å². The van der Waals surface area contributed by atoms with Gasteiger partial charge in [0, 0.05) is 0 Å². The average molecular weight is 166 g/mol. The maximum atomic E-state index is 2.44. The molecule has 0 aromatic rings. The topological polar surface area (TPSA) is 0 Å². The summed E-state index contributed by atoms with van der Waals surface area (Å²) in [6.07, 6.45) is 9.17. The summed E-state index contributed by atoms with van der Waals surface area (Å²) in [5.74, 6) is 4.29. The summed E-state index contributed by atoms with van der Waals surface area (Å²) in [5, 5.41) is 0. The molecule has 0 aliphatic heterocycles. The lowest BCUT2D eigenvalue weighted by Crippen LogP contribution is -2.29. The fourth-order valence-corrected chi connectivity index (χ4v) is 3.36. The van der Waals surface area contributed by atoms with Crippen LogP contribution in [0.5, 0.6) is 0 Å². The first kappa shape index (κ1) is 8.59. The van der Waals surface area contributed by atoms with E-state index in [1.807, 2.05) is 0 Å². The summed E-state index contributed by atoms with van der Waals surface area (Å²) in [5.41, 5.74) is 0. The Bertz CT molecular complexity index is 132. The quantitative estimate of drug-likeness (QED) is 0.512. The molecule has 0 amide bonds. The van der Waals surface area contributed by atoms with Crippen LogP contribution in [0.4, 0.5) is 0 Å². The fraction of sp³-hybridized carbons (Fsp3) is 1.00. The Hall–Kier alpha value is 0. The molecule has 0 saturated heterocycles. The molecule has 0 radical (unpaired) electrons. The van der Waals surface area contributed by atoms with Gasteiger partial charge in [-0.15, -0.1) is 0 Å². The van der Waals surface area contributed by atoms with E-state index in [1.54, 1.807) is 0 Å². The number of rotatable bonds is 0. The second kappa shape index (κ2) is 3.40. The summed E-state index contributed by atoms with van der Waals surface area (Å²) in [6, 6.07) is 0. The zero-order chi connectivity index (χ0) is 8.55. The molecule has 70 valence electrons. The van der Waals surface area contributed by atoms with Crippen LogP contribution in [0.1, 0.15) is 52.4 Å². The average Bonchev–Trinajstić information content (AvgIpc) is 2.05. The van der Waals surface area contributed by atoms with Crippen molar-refractivity contribution in [3.8, 4) is 0 Å². The Morgan fingerprint density at radius 3 is 1.50 bits per heavy atom. The van der Waals surface area contributed by atoms with Crippen molar-refractivity contribution >= 4 is 0 Å². The van der Waals surface area contributed by atoms with Crippen molar-refractivity contribution in [2.75, 3.05) is 0 Å². The molecule has 0 spiro atoms. The van der Waals surface area contributed by atoms with Gasteiger partial charge in [0.15, 0.2) is 0 Å². The lowest BCUT2D eigenvalue weighted by Gasteiger charge is -2.40. The molecule has 0 nitrogen and oxygen atoms in total. The van der Waals surface area contributed by atoms with Crippen LogP contribution in [0, 0.1) is 23.7 Å². The van der Waals surface area contributed by atoms with E-state index in [2.05, 4.69) is 13.8 Å². The largest absolute Gasteiger partial charge is 0.0625 e. The second-order valence-corrected chi connectivity index (χ2v) is 5.36. The zero-order valence-electron chi connectivity index (χ0n) is 8.55. The number of hydrogen-bond acceptors (Lipinski definition) is 0. The van der Waals surface area contributed by atoms with Crippen LogP contribution in [-0.4, -0.2) is 0 Å². The molecule has 0 aromatic heterocycles. The Balaban J connectivity index is 1.94. The van der Waals surface area contributed by atoms with Crippen molar-refractivity contribution in [1.82, 2.24) is 0 Å². The molecule has 0 heteroatoms. The van der Waals surface area contributed by atoms with Gasteiger partial charge in [-0.1, -0.05) is 26.7 Å². The normalized spacial score (nSPS) is 48.5. The van der Waals surface area contributed by atoms with Gasteiger partial charge in [-0.05, 0) is 49.4 Å². The molecular formula is C12H22. The number of hydrogen-bond donors (Lipinski definition) is 0. The highest BCUT2D eigenvalue weighted by Gasteiger charge is 2.32. The molecule has 0 bridgehead atoms. The van der Waals surface area contributed by atoms with E-state index in [1.165, 1.54) is 38.5 Å². The highest BCUT2D eigenvalue weighted by Crippen LogP contribution is 2.44. The minimum Gasteiger partial charge on any atom is -0.0625 e. The molecule has 0 N–H and O–H groups in total. The van der Waals surface area contributed by atoms with E-state index in [0.29, 0.717) is 0 Å². The number of fused-ring (bicyclic) bond motifs is 1. The van der Waals surface area contributed by atoms with Gasteiger partial charge >= 0.3 is 0 Å². The van der Waals surface area contributed by atoms with E-state index in [4.69, 9.17) is 0 Å². The van der Waals surface area contributed by atoms with Gasteiger partial charge in [0.1, 0.15) is 0 Å². The van der Waals surface area contributed by atoms with Crippen molar-refractivity contribution in [2.45, 2.75) is 52.4 Å². The summed E-state index contributed by atoms with van der Waals surface area (Å²) in [4.78, 5) is 0. The molecule has 2 saturated carbocycles. The lowest BCUT2D eigenvalue weighted by atomic mass is 9.65. The van der Waals surface area contributed by atoms with Crippen molar-refractivity contribution in [3.05, 3.63) is 0 Å². The Morgan fingerprint density at radius 2 is 1.08 bits per heavy atom. The highest BCUT2D eigenvalue weighted by molar-refractivity contribution is 4.83. The van der Waals surface area contributed by atoms with Crippen LogP contribution < -0.4 is 0 Å². The Labute approximate surface area is 76.7 Å². The molecule has 4 atom stereocenters. The van der Waals surface area contributed by atoms with Crippen LogP contribution in [0.15, 0.2) is 0 Å². The van der Waals surface area contributed by atoms with E-state index in [9.17, 15) is 0 Å². The minimum atomic E-state index is 1.03. The van der Waals surface area contributed by atoms with Crippen LogP contribution in [0.3, 0.4) is 0 Å². The van der Waals surface area contributed by atoms with Crippen LogP contribution in [-0.2, 0) is 0 Å². The first-order valence-electron chi connectivity index (χ1n) is 5.75. The van der Waals surface area contributed by atoms with Crippen molar-refractivity contribution < 1.29 is 0 Å². The maximum absolute atomic E-state index is 2.44. The second-order valence-electron chi connectivity index (χ2n) is 5.36. The molecule has 2 fully saturated rings. The van der Waals surface area contributed by atoms with E-state index in [-0.39, 0.29) is 0 Å². The molecular weight excluding hydrogens is 144 g/mol. The standard InChI is InChI=1S/C12H22/c1-9-3-5-12-8-10(2)4-6-11(12)7-9/h9-12H,3-8H2,1-2H3/t9-,10-,11-,12-/m1/s1. The Morgan fingerprint density at radius 1 is 0.667 bits per heavy atom. The third kappa shape index (κ3) is 1.67. The van der Waals surface area contributed by atoms with E-state index < -0.39 is 0 Å². The van der Waals surface area contributed by atoms with Crippen molar-refractivity contribution in [3.63, 3.8) is 0 Å². The first-order chi connectivity index (χ1) is 5.75. The van der Waals surface area contributed by atoms with Crippen molar-refractivity contribution in [2.24, 2.45) is 23.7 Å². The summed E-state index contributed by atoms with van der Waals surface area (Å²) < 4.78 is 0. The third-order valence-electron chi connectivity index (χ3n) is 4.14. The van der Waals surface area contributed by atoms with Crippen LogP contribution in [0.2, 0.25) is 0 Å². The van der Waals surface area contributed by atoms with Crippen LogP contribution in [0.25, 0.3) is 0 Å². The summed E-state index contributed by atoms with van der Waals surface area (Å²) in [7, 11) is 0. The van der Waals surface area contributed by atoms with E-state index in [0.717, 1.165) is 23.7 Å². The summed E-state index contributed by atoms with van der Waals surface area (Å²) >= 11 is 0. The smallest absolute Gasteiger partial charge is 0.0383 e. The Kier molecular flexibility index (Phi) is 2.43. The monoisotopic (exact) mass is 166 g/mol. The molecule has 2 aliphatic rings. The molecule has 2 rings (SSSR count). The minimum absolute atomic E-state index is 1.03. The molecule has 0 aromatic carbocycles. The summed E-state index contributed by atoms with van der Waals surface area (Å²) in [6.45, 7) is 4.88. The van der Waals surface area contributed by atoms with Crippen molar-refractivity contribution in [1.29, 1.82) is 0 Å². The fourth-order valence-electron chi connectivity index (χ4n) is 3.36. The van der Waals surface area contributed by atoms with Gasteiger partial charge in [0.05, 0.1) is 0 Å². The molecule has 0 unspecified atom stereocenters. The van der Waals surface area contributed by atoms with Gasteiger partial charge in [0.2, 0.25) is 0 Å². The zero-order valence-corrected chi connectivity index (χ0v) is 8.55. The SMILES string of the molecule is C[C@@H]1CC[C@@H]2C[C@H](C)CC[C@@H]2C1. The van der Waals surface area contributed by atoms with Gasteiger partial charge in [0.25, 0.3) is 0 Å². The van der Waals surface area contributed by atoms with Gasteiger partial charge in [-0.3, -0.25) is 0 Å². The van der Waals surface area contributed by atoms with Gasteiger partial charge in [-0.25, -0.2) is 0 Å². The predicted octanol–water partition coefficient (Wildman–Crippen LogP) is 3.86. The molecule has 0 heterocycles. The molecule has 12 heavy (non-hydrogen) atoms. The predicted molar refractivity (Wildman–Crippen MR) is 53.0 cm³/mol. The first-order valence-corrected chi connectivity index (χ1v) is 5.75. The molecule has 2 aliphatic carbocycles. The lowest BCUT2D eigenvalue weighted by molar-refractivity contribution is 0.109.